The molecule has 0 bridgehead atoms. The average molecular weight is 197 g/mol. The summed E-state index contributed by atoms with van der Waals surface area (Å²) in [7, 11) is 0. The lowest BCUT2D eigenvalue weighted by Crippen LogP contribution is -2.30. The van der Waals surface area contributed by atoms with Crippen LogP contribution in [0.25, 0.3) is 0 Å². The Labute approximate surface area is 85.1 Å². The zero-order chi connectivity index (χ0) is 10.1. The van der Waals surface area contributed by atoms with Crippen LogP contribution in [0, 0.1) is 11.8 Å². The van der Waals surface area contributed by atoms with Crippen LogP contribution >= 0.6 is 0 Å². The minimum atomic E-state index is -0.153. The Balaban J connectivity index is 1.92. The van der Waals surface area contributed by atoms with E-state index in [0.29, 0.717) is 18.3 Å². The Hall–Kier alpha value is -0.570. The molecule has 1 amide bonds. The number of hydrogen-bond donors (Lipinski definition) is 1. The predicted molar refractivity (Wildman–Crippen MR) is 53.7 cm³/mol. The highest BCUT2D eigenvalue weighted by Crippen LogP contribution is 2.38. The molecule has 80 valence electrons. The fraction of sp³-hybridized carbons (Fsp3) is 0.909. The average Bonchev–Trinajstić information content (AvgIpc) is 2.69. The van der Waals surface area contributed by atoms with Gasteiger partial charge in [-0.1, -0.05) is 6.92 Å². The molecular weight excluding hydrogens is 178 g/mol. The summed E-state index contributed by atoms with van der Waals surface area (Å²) < 4.78 is 0. The highest BCUT2D eigenvalue weighted by Gasteiger charge is 2.42. The van der Waals surface area contributed by atoms with Gasteiger partial charge in [-0.3, -0.25) is 4.79 Å². The first-order valence-corrected chi connectivity index (χ1v) is 5.68. The first-order chi connectivity index (χ1) is 6.72. The van der Waals surface area contributed by atoms with E-state index in [-0.39, 0.29) is 12.0 Å². The fourth-order valence-corrected chi connectivity index (χ4v) is 2.81. The first kappa shape index (κ1) is 9.97. The van der Waals surface area contributed by atoms with Crippen molar-refractivity contribution < 1.29 is 9.90 Å². The summed E-state index contributed by atoms with van der Waals surface area (Å²) >= 11 is 0. The van der Waals surface area contributed by atoms with Crippen molar-refractivity contribution in [1.29, 1.82) is 0 Å². The summed E-state index contributed by atoms with van der Waals surface area (Å²) in [6.45, 7) is 3.72. The van der Waals surface area contributed by atoms with Gasteiger partial charge in [0, 0.05) is 25.4 Å². The van der Waals surface area contributed by atoms with Crippen LogP contribution in [0.2, 0.25) is 0 Å². The molecule has 1 heterocycles. The van der Waals surface area contributed by atoms with E-state index in [9.17, 15) is 9.90 Å². The molecule has 0 spiro atoms. The topological polar surface area (TPSA) is 40.5 Å². The summed E-state index contributed by atoms with van der Waals surface area (Å²) in [5, 5.41) is 9.69. The molecule has 2 fully saturated rings. The van der Waals surface area contributed by atoms with Gasteiger partial charge in [-0.15, -0.1) is 0 Å². The van der Waals surface area contributed by atoms with Gasteiger partial charge in [0.2, 0.25) is 5.91 Å². The minimum absolute atomic E-state index is 0.153. The lowest BCUT2D eigenvalue weighted by atomic mass is 10.00. The second-order valence-corrected chi connectivity index (χ2v) is 4.62. The zero-order valence-electron chi connectivity index (χ0n) is 8.78. The third-order valence-corrected chi connectivity index (χ3v) is 3.64. The number of carbonyl (C=O) groups is 1. The number of amides is 1. The molecule has 1 aliphatic carbocycles. The van der Waals surface area contributed by atoms with Crippen LogP contribution in [0.4, 0.5) is 0 Å². The normalized spacial score (nSPS) is 36.1. The van der Waals surface area contributed by atoms with Crippen molar-refractivity contribution in [2.45, 2.75) is 38.7 Å². The van der Waals surface area contributed by atoms with Crippen LogP contribution in [-0.2, 0) is 4.79 Å². The molecule has 0 aromatic rings. The van der Waals surface area contributed by atoms with Crippen LogP contribution in [0.3, 0.4) is 0 Å². The Morgan fingerprint density at radius 2 is 2.21 bits per heavy atom. The number of aliphatic hydroxyl groups is 1. The largest absolute Gasteiger partial charge is 0.393 e. The van der Waals surface area contributed by atoms with E-state index in [0.717, 1.165) is 32.4 Å². The highest BCUT2D eigenvalue weighted by molar-refractivity contribution is 5.76. The molecule has 2 aliphatic rings. The molecule has 1 N–H and O–H groups in total. The number of nitrogens with zero attached hydrogens (tertiary/aromatic N) is 1. The summed E-state index contributed by atoms with van der Waals surface area (Å²) in [4.78, 5) is 13.6. The second-order valence-electron chi connectivity index (χ2n) is 4.62. The Bertz CT molecular complexity index is 229. The predicted octanol–water partition coefficient (Wildman–Crippen LogP) is 1.02. The molecule has 14 heavy (non-hydrogen) atoms. The Morgan fingerprint density at radius 1 is 1.43 bits per heavy atom. The Kier molecular flexibility index (Phi) is 2.77. The molecule has 3 atom stereocenters. The van der Waals surface area contributed by atoms with E-state index < -0.39 is 0 Å². The number of fused-ring (bicyclic) bond motifs is 1. The SMILES string of the molecule is CCCC(=O)N1CC2CCC(O)C2C1. The molecule has 1 aliphatic heterocycles. The van der Waals surface area contributed by atoms with Crippen molar-refractivity contribution in [3.8, 4) is 0 Å². The molecule has 0 aromatic heterocycles. The van der Waals surface area contributed by atoms with E-state index in [2.05, 4.69) is 0 Å². The maximum Gasteiger partial charge on any atom is 0.222 e. The summed E-state index contributed by atoms with van der Waals surface area (Å²) in [6, 6.07) is 0. The molecule has 0 radical (unpaired) electrons. The number of hydrogen-bond acceptors (Lipinski definition) is 2. The molecule has 3 nitrogen and oxygen atoms in total. The summed E-state index contributed by atoms with van der Waals surface area (Å²) in [5.74, 6) is 1.22. The molecule has 1 saturated heterocycles. The van der Waals surface area contributed by atoms with Crippen molar-refractivity contribution in [3.63, 3.8) is 0 Å². The highest BCUT2D eigenvalue weighted by atomic mass is 16.3. The quantitative estimate of drug-likeness (QED) is 0.718. The maximum absolute atomic E-state index is 11.6. The van der Waals surface area contributed by atoms with Crippen LogP contribution in [0.15, 0.2) is 0 Å². The fourth-order valence-electron chi connectivity index (χ4n) is 2.81. The van der Waals surface area contributed by atoms with Crippen molar-refractivity contribution in [3.05, 3.63) is 0 Å². The summed E-state index contributed by atoms with van der Waals surface area (Å²) in [6.07, 6.45) is 3.47. The van der Waals surface area contributed by atoms with Crippen LogP contribution in [-0.4, -0.2) is 35.1 Å². The minimum Gasteiger partial charge on any atom is -0.393 e. The van der Waals surface area contributed by atoms with Gasteiger partial charge in [0.25, 0.3) is 0 Å². The number of aliphatic hydroxyl groups excluding tert-OH is 1. The molecule has 0 aromatic carbocycles. The first-order valence-electron chi connectivity index (χ1n) is 5.68. The van der Waals surface area contributed by atoms with Crippen molar-refractivity contribution in [1.82, 2.24) is 4.90 Å². The van der Waals surface area contributed by atoms with Gasteiger partial charge >= 0.3 is 0 Å². The van der Waals surface area contributed by atoms with Crippen molar-refractivity contribution in [2.24, 2.45) is 11.8 Å². The van der Waals surface area contributed by atoms with E-state index in [4.69, 9.17) is 0 Å². The number of rotatable bonds is 2. The van der Waals surface area contributed by atoms with Crippen LogP contribution < -0.4 is 0 Å². The maximum atomic E-state index is 11.6. The van der Waals surface area contributed by atoms with E-state index >= 15 is 0 Å². The number of likely N-dealkylation sites (tertiary alicyclic amines) is 1. The van der Waals surface area contributed by atoms with Crippen LogP contribution in [0.5, 0.6) is 0 Å². The third kappa shape index (κ3) is 1.65. The van der Waals surface area contributed by atoms with Gasteiger partial charge < -0.3 is 10.0 Å². The molecule has 3 heteroatoms. The zero-order valence-corrected chi connectivity index (χ0v) is 8.78. The molecular formula is C11H19NO2. The van der Waals surface area contributed by atoms with Gasteiger partial charge in [-0.25, -0.2) is 0 Å². The second kappa shape index (κ2) is 3.89. The standard InChI is InChI=1S/C11H19NO2/c1-2-3-11(14)12-6-8-4-5-10(13)9(8)7-12/h8-10,13H,2-7H2,1H3. The van der Waals surface area contributed by atoms with Crippen molar-refractivity contribution >= 4 is 5.91 Å². The van der Waals surface area contributed by atoms with Gasteiger partial charge in [0.05, 0.1) is 6.10 Å². The molecule has 2 rings (SSSR count). The van der Waals surface area contributed by atoms with Gasteiger partial charge in [-0.05, 0) is 25.2 Å². The summed E-state index contributed by atoms with van der Waals surface area (Å²) in [5.41, 5.74) is 0. The molecule has 3 unspecified atom stereocenters. The van der Waals surface area contributed by atoms with E-state index in [1.54, 1.807) is 0 Å². The third-order valence-electron chi connectivity index (χ3n) is 3.64. The Morgan fingerprint density at radius 3 is 2.86 bits per heavy atom. The van der Waals surface area contributed by atoms with Crippen molar-refractivity contribution in [2.75, 3.05) is 13.1 Å². The van der Waals surface area contributed by atoms with Gasteiger partial charge in [0.1, 0.15) is 0 Å². The van der Waals surface area contributed by atoms with E-state index in [1.807, 2.05) is 11.8 Å². The van der Waals surface area contributed by atoms with Gasteiger partial charge in [0.15, 0.2) is 0 Å². The number of carbonyl (C=O) groups excluding carboxylic acids is 1. The van der Waals surface area contributed by atoms with Crippen LogP contribution in [0.1, 0.15) is 32.6 Å². The lowest BCUT2D eigenvalue weighted by Gasteiger charge is -2.17. The smallest absolute Gasteiger partial charge is 0.222 e. The van der Waals surface area contributed by atoms with E-state index in [1.165, 1.54) is 0 Å². The van der Waals surface area contributed by atoms with Gasteiger partial charge in [-0.2, -0.15) is 0 Å². The lowest BCUT2D eigenvalue weighted by molar-refractivity contribution is -0.130. The molecule has 1 saturated carbocycles. The monoisotopic (exact) mass is 197 g/mol.